The van der Waals surface area contributed by atoms with E-state index in [1.54, 1.807) is 10.9 Å². The molecular formula is C21H24N4OS. The van der Waals surface area contributed by atoms with Crippen molar-refractivity contribution in [3.8, 4) is 5.75 Å². The average molecular weight is 381 g/mol. The quantitative estimate of drug-likeness (QED) is 0.429. The van der Waals surface area contributed by atoms with Crippen LogP contribution in [0.1, 0.15) is 36.7 Å². The third-order valence-electron chi connectivity index (χ3n) is 4.18. The highest BCUT2D eigenvalue weighted by atomic mass is 32.1. The topological polar surface area (TPSA) is 55.2 Å². The van der Waals surface area contributed by atoms with Gasteiger partial charge in [0.1, 0.15) is 5.75 Å². The first-order chi connectivity index (χ1) is 13.3. The van der Waals surface area contributed by atoms with Gasteiger partial charge < -0.3 is 4.74 Å². The third-order valence-corrected chi connectivity index (χ3v) is 4.44. The minimum atomic E-state index is 0.512. The van der Waals surface area contributed by atoms with Crippen molar-refractivity contribution >= 4 is 18.4 Å². The fourth-order valence-corrected chi connectivity index (χ4v) is 2.84. The van der Waals surface area contributed by atoms with E-state index in [0.29, 0.717) is 11.4 Å². The second kappa shape index (κ2) is 9.83. The number of unbranched alkanes of at least 4 members (excludes halogenated alkanes) is 1. The molecule has 5 nitrogen and oxygen atoms in total. The van der Waals surface area contributed by atoms with Gasteiger partial charge in [0.25, 0.3) is 0 Å². The van der Waals surface area contributed by atoms with Crippen molar-refractivity contribution in [1.82, 2.24) is 14.9 Å². The first-order valence-corrected chi connectivity index (χ1v) is 9.64. The minimum absolute atomic E-state index is 0.512. The van der Waals surface area contributed by atoms with Crippen LogP contribution in [-0.2, 0) is 12.8 Å². The van der Waals surface area contributed by atoms with Crippen LogP contribution in [-0.4, -0.2) is 27.7 Å². The lowest BCUT2D eigenvalue weighted by Gasteiger charge is -2.06. The van der Waals surface area contributed by atoms with Gasteiger partial charge in [0.05, 0.1) is 12.8 Å². The van der Waals surface area contributed by atoms with Crippen molar-refractivity contribution in [3.63, 3.8) is 0 Å². The molecule has 0 saturated heterocycles. The van der Waals surface area contributed by atoms with Gasteiger partial charge >= 0.3 is 0 Å². The number of H-pyrrole nitrogens is 1. The van der Waals surface area contributed by atoms with E-state index in [2.05, 4.69) is 34.4 Å². The summed E-state index contributed by atoms with van der Waals surface area (Å²) in [6, 6.07) is 18.2. The Morgan fingerprint density at radius 1 is 1.11 bits per heavy atom. The highest BCUT2D eigenvalue weighted by molar-refractivity contribution is 7.71. The number of benzene rings is 2. The van der Waals surface area contributed by atoms with Gasteiger partial charge in [0, 0.05) is 12.8 Å². The molecule has 0 unspecified atom stereocenters. The van der Waals surface area contributed by atoms with Crippen LogP contribution in [0.3, 0.4) is 0 Å². The Morgan fingerprint density at radius 3 is 2.63 bits per heavy atom. The van der Waals surface area contributed by atoms with Gasteiger partial charge in [-0.05, 0) is 54.0 Å². The molecule has 0 amide bonds. The summed E-state index contributed by atoms with van der Waals surface area (Å²) in [5, 5.41) is 11.5. The Hall–Kier alpha value is -2.73. The van der Waals surface area contributed by atoms with Crippen molar-refractivity contribution in [2.24, 2.45) is 5.10 Å². The summed E-state index contributed by atoms with van der Waals surface area (Å²) in [5.41, 5.74) is 2.26. The fraction of sp³-hybridized carbons (Fsp3) is 0.286. The van der Waals surface area contributed by atoms with Gasteiger partial charge in [-0.1, -0.05) is 43.7 Å². The molecule has 0 radical (unpaired) electrons. The van der Waals surface area contributed by atoms with Gasteiger partial charge in [-0.15, -0.1) is 0 Å². The van der Waals surface area contributed by atoms with E-state index < -0.39 is 0 Å². The van der Waals surface area contributed by atoms with Crippen molar-refractivity contribution in [3.05, 3.63) is 76.3 Å². The number of aryl methyl sites for hydroxylation is 1. The van der Waals surface area contributed by atoms with Crippen LogP contribution < -0.4 is 4.74 Å². The second-order valence-corrected chi connectivity index (χ2v) is 6.64. The van der Waals surface area contributed by atoms with Gasteiger partial charge in [0.15, 0.2) is 5.82 Å². The van der Waals surface area contributed by atoms with E-state index in [1.165, 1.54) is 5.56 Å². The van der Waals surface area contributed by atoms with Crippen LogP contribution >= 0.6 is 12.2 Å². The minimum Gasteiger partial charge on any atom is -0.493 e. The van der Waals surface area contributed by atoms with Crippen LogP contribution in [0.15, 0.2) is 59.7 Å². The summed E-state index contributed by atoms with van der Waals surface area (Å²) in [4.78, 5) is 0. The zero-order valence-corrected chi connectivity index (χ0v) is 16.3. The molecule has 1 heterocycles. The lowest BCUT2D eigenvalue weighted by molar-refractivity contribution is 0.322. The standard InChI is InChI=1S/C21H24N4OS/c1-2-3-9-20-23-24-21(27)25(20)22-16-18-10-12-19(13-11-18)26-15-14-17-7-5-4-6-8-17/h4-8,10-13,16H,2-3,9,14-15H2,1H3,(H,24,27)/b22-16+. The van der Waals surface area contributed by atoms with E-state index in [1.807, 2.05) is 42.5 Å². The van der Waals surface area contributed by atoms with Crippen LogP contribution in [0.2, 0.25) is 0 Å². The summed E-state index contributed by atoms with van der Waals surface area (Å²) < 4.78 is 8.02. The Morgan fingerprint density at radius 2 is 1.89 bits per heavy atom. The van der Waals surface area contributed by atoms with E-state index in [4.69, 9.17) is 17.0 Å². The zero-order valence-electron chi connectivity index (χ0n) is 15.5. The molecule has 0 aliphatic carbocycles. The summed E-state index contributed by atoms with van der Waals surface area (Å²) in [7, 11) is 0. The molecule has 0 spiro atoms. The van der Waals surface area contributed by atoms with Gasteiger partial charge in [-0.2, -0.15) is 14.9 Å². The maximum absolute atomic E-state index is 5.82. The molecule has 6 heteroatoms. The Balaban J connectivity index is 1.57. The normalized spacial score (nSPS) is 11.1. The molecule has 3 aromatic rings. The molecule has 0 atom stereocenters. The van der Waals surface area contributed by atoms with Gasteiger partial charge in [0.2, 0.25) is 4.77 Å². The number of nitrogens with zero attached hydrogens (tertiary/aromatic N) is 3. The molecule has 0 saturated carbocycles. The Labute approximate surface area is 164 Å². The number of aromatic amines is 1. The first-order valence-electron chi connectivity index (χ1n) is 9.23. The van der Waals surface area contributed by atoms with Crippen LogP contribution in [0.5, 0.6) is 5.75 Å². The molecule has 140 valence electrons. The molecule has 2 aromatic carbocycles. The molecule has 3 rings (SSSR count). The van der Waals surface area contributed by atoms with Crippen molar-refractivity contribution < 1.29 is 4.74 Å². The average Bonchev–Trinajstić information content (AvgIpc) is 3.06. The summed E-state index contributed by atoms with van der Waals surface area (Å²) in [6.07, 6.45) is 5.70. The lowest BCUT2D eigenvalue weighted by Crippen LogP contribution is -2.01. The number of hydrogen-bond donors (Lipinski definition) is 1. The van der Waals surface area contributed by atoms with Crippen molar-refractivity contribution in [2.45, 2.75) is 32.6 Å². The number of hydrogen-bond acceptors (Lipinski definition) is 4. The third kappa shape index (κ3) is 5.62. The Kier molecular flexibility index (Phi) is 6.93. The number of aromatic nitrogens is 3. The highest BCUT2D eigenvalue weighted by Crippen LogP contribution is 2.12. The van der Waals surface area contributed by atoms with Crippen molar-refractivity contribution in [1.29, 1.82) is 0 Å². The maximum Gasteiger partial charge on any atom is 0.216 e. The van der Waals surface area contributed by atoms with Crippen LogP contribution in [0, 0.1) is 4.77 Å². The molecule has 27 heavy (non-hydrogen) atoms. The molecule has 1 N–H and O–H groups in total. The summed E-state index contributed by atoms with van der Waals surface area (Å²) >= 11 is 5.26. The number of nitrogens with one attached hydrogen (secondary N) is 1. The number of ether oxygens (including phenoxy) is 1. The molecule has 0 aliphatic rings. The first kappa shape index (κ1) is 19.0. The van der Waals surface area contributed by atoms with Crippen molar-refractivity contribution in [2.75, 3.05) is 6.61 Å². The van der Waals surface area contributed by atoms with Gasteiger partial charge in [-0.3, -0.25) is 5.10 Å². The Bertz CT molecular complexity index is 913. The summed E-state index contributed by atoms with van der Waals surface area (Å²) in [5.74, 6) is 1.71. The smallest absolute Gasteiger partial charge is 0.216 e. The molecule has 0 bridgehead atoms. The number of rotatable bonds is 9. The molecule has 0 aliphatic heterocycles. The van der Waals surface area contributed by atoms with Crippen LogP contribution in [0.4, 0.5) is 0 Å². The fourth-order valence-electron chi connectivity index (χ4n) is 2.65. The predicted molar refractivity (Wildman–Crippen MR) is 111 cm³/mol. The molecule has 0 fully saturated rings. The van der Waals surface area contributed by atoms with E-state index in [-0.39, 0.29) is 0 Å². The molecule has 1 aromatic heterocycles. The van der Waals surface area contributed by atoms with E-state index >= 15 is 0 Å². The largest absolute Gasteiger partial charge is 0.493 e. The SMILES string of the molecule is CCCCc1n[nH]c(=S)n1/N=C/c1ccc(OCCc2ccccc2)cc1. The van der Waals surface area contributed by atoms with E-state index in [9.17, 15) is 0 Å². The lowest BCUT2D eigenvalue weighted by atomic mass is 10.2. The van der Waals surface area contributed by atoms with Gasteiger partial charge in [-0.25, -0.2) is 0 Å². The second-order valence-electron chi connectivity index (χ2n) is 6.26. The van der Waals surface area contributed by atoms with E-state index in [0.717, 1.165) is 42.8 Å². The summed E-state index contributed by atoms with van der Waals surface area (Å²) in [6.45, 7) is 2.81. The zero-order chi connectivity index (χ0) is 18.9. The van der Waals surface area contributed by atoms with Crippen LogP contribution in [0.25, 0.3) is 0 Å². The highest BCUT2D eigenvalue weighted by Gasteiger charge is 2.04. The molecular weight excluding hydrogens is 356 g/mol. The predicted octanol–water partition coefficient (Wildman–Crippen LogP) is 4.79. The monoisotopic (exact) mass is 380 g/mol. The maximum atomic E-state index is 5.82.